The molecule has 0 N–H and O–H groups in total. The summed E-state index contributed by atoms with van der Waals surface area (Å²) in [5, 5.41) is 6.25. The van der Waals surface area contributed by atoms with Crippen LogP contribution in [0.2, 0.25) is 10.0 Å². The number of imidazole rings is 2. The van der Waals surface area contributed by atoms with Gasteiger partial charge in [-0.15, -0.1) is 0 Å². The monoisotopic (exact) mass is 1120 g/mol. The van der Waals surface area contributed by atoms with E-state index in [1.54, 1.807) is 110 Å². The second-order valence-corrected chi connectivity index (χ2v) is 26.4. The largest absolute Gasteiger partial charge is 0.477 e. The van der Waals surface area contributed by atoms with Gasteiger partial charge in [-0.1, -0.05) is 120 Å². The molecule has 0 unspecified atom stereocenters. The first kappa shape index (κ1) is 57.6. The van der Waals surface area contributed by atoms with E-state index < -0.39 is 38.0 Å². The highest BCUT2D eigenvalue weighted by molar-refractivity contribution is 7.98. The molecule has 2 heterocycles. The van der Waals surface area contributed by atoms with Crippen LogP contribution < -0.4 is 9.47 Å². The molecule has 6 aromatic carbocycles. The van der Waals surface area contributed by atoms with Crippen LogP contribution in [0.15, 0.2) is 120 Å². The van der Waals surface area contributed by atoms with Crippen LogP contribution in [0.5, 0.6) is 23.0 Å². The number of nitrogens with zero attached hydrogens (tertiary/aromatic N) is 4. The Balaban J connectivity index is 0.000000216. The van der Waals surface area contributed by atoms with Gasteiger partial charge in [-0.3, -0.25) is 36.3 Å². The summed E-state index contributed by atoms with van der Waals surface area (Å²) in [7, 11) is -7.85. The van der Waals surface area contributed by atoms with Crippen LogP contribution in [0.3, 0.4) is 0 Å². The van der Waals surface area contributed by atoms with Crippen LogP contribution in [0, 0.1) is 0 Å². The van der Waals surface area contributed by atoms with Crippen molar-refractivity contribution in [1.82, 2.24) is 19.1 Å². The maximum atomic E-state index is 13.6. The van der Waals surface area contributed by atoms with Crippen LogP contribution >= 0.6 is 62.4 Å². The van der Waals surface area contributed by atoms with Gasteiger partial charge in [0.25, 0.3) is 0 Å². The second kappa shape index (κ2) is 22.8. The van der Waals surface area contributed by atoms with Gasteiger partial charge in [0, 0.05) is 22.9 Å². The molecule has 0 radical (unpaired) electrons. The van der Waals surface area contributed by atoms with Crippen LogP contribution in [0.4, 0.5) is 0 Å². The lowest BCUT2D eigenvalue weighted by molar-refractivity contribution is -0.00827. The van der Waals surface area contributed by atoms with E-state index >= 15 is 0 Å². The molecule has 74 heavy (non-hydrogen) atoms. The van der Waals surface area contributed by atoms with Crippen molar-refractivity contribution in [3.63, 3.8) is 0 Å². The number of halogens is 2. The molecule has 0 aliphatic heterocycles. The Labute approximate surface area is 452 Å². The number of ether oxygens (including phenoxy) is 2. The third-order valence-electron chi connectivity index (χ3n) is 10.1. The summed E-state index contributed by atoms with van der Waals surface area (Å²) in [6.07, 6.45) is 3.81. The summed E-state index contributed by atoms with van der Waals surface area (Å²) in [6, 6.07) is 34.9. The fourth-order valence-corrected chi connectivity index (χ4v) is 12.5. The molecular weight excluding hydrogens is 1060 g/mol. The zero-order valence-corrected chi connectivity index (χ0v) is 49.1. The molecule has 0 spiro atoms. The molecule has 0 saturated carbocycles. The summed E-state index contributed by atoms with van der Waals surface area (Å²) in [5.74, 6) is 2.35. The van der Waals surface area contributed by atoms with E-state index in [-0.39, 0.29) is 13.5 Å². The van der Waals surface area contributed by atoms with Crippen molar-refractivity contribution >= 4 is 106 Å². The Hall–Kier alpha value is -4.12. The van der Waals surface area contributed by atoms with Crippen molar-refractivity contribution in [2.75, 3.05) is 12.5 Å². The summed E-state index contributed by atoms with van der Waals surface area (Å²) < 4.78 is 78.0. The van der Waals surface area contributed by atoms with Crippen molar-refractivity contribution in [2.24, 2.45) is 0 Å². The molecule has 20 heteroatoms. The average Bonchev–Trinajstić information content (AvgIpc) is 3.81. The van der Waals surface area contributed by atoms with E-state index in [9.17, 15) is 9.13 Å². The molecule has 14 nitrogen and oxygen atoms in total. The topological polar surface area (TPSA) is 144 Å². The average molecular weight is 1130 g/mol. The number of thioether (sulfide) groups is 2. The Morgan fingerprint density at radius 1 is 0.473 bits per heavy atom. The number of phosphoric acid groups is 2. The number of hydrogen-bond acceptors (Lipinski definition) is 14. The molecular formula is C54H64Cl2N4O10P2S2. The third kappa shape index (κ3) is 15.1. The number of benzene rings is 6. The van der Waals surface area contributed by atoms with Gasteiger partial charge in [0.1, 0.15) is 36.5 Å². The number of fused-ring (bicyclic) bond motifs is 4. The van der Waals surface area contributed by atoms with Gasteiger partial charge in [0.05, 0.1) is 54.5 Å². The zero-order chi connectivity index (χ0) is 54.0. The number of phosphoric ester groups is 2. The first-order valence-electron chi connectivity index (χ1n) is 23.6. The summed E-state index contributed by atoms with van der Waals surface area (Å²) in [5.41, 5.74) is -0.225. The molecule has 0 amide bonds. The highest BCUT2D eigenvalue weighted by Crippen LogP contribution is 2.57. The lowest BCUT2D eigenvalue weighted by atomic mass is 10.1. The van der Waals surface area contributed by atoms with Gasteiger partial charge in [-0.2, -0.15) is 0 Å². The van der Waals surface area contributed by atoms with Crippen LogP contribution in [-0.4, -0.2) is 54.0 Å². The SMILES string of the molecule is CSc1nc2cc(Cl)c(Oc3cccc4ccccc34)cc2n1COP(=O)(OC(C)(C)C)OC(C)(C)C.CSc1nc2cc(Oc3cccc4ccccc34)c(Cl)cc2n1COP(=O)(OC(C)(C)C)OC(C)(C)C. The summed E-state index contributed by atoms with van der Waals surface area (Å²) in [4.78, 5) is 9.40. The van der Waals surface area contributed by atoms with Gasteiger partial charge in [0.15, 0.2) is 10.3 Å². The van der Waals surface area contributed by atoms with E-state index in [0.717, 1.165) is 21.5 Å². The zero-order valence-electron chi connectivity index (χ0n) is 44.1. The van der Waals surface area contributed by atoms with Gasteiger partial charge in [-0.05, 0) is 131 Å². The first-order chi connectivity index (χ1) is 34.5. The van der Waals surface area contributed by atoms with Crippen LogP contribution in [0.1, 0.15) is 83.1 Å². The third-order valence-corrected chi connectivity index (χ3v) is 16.0. The van der Waals surface area contributed by atoms with E-state index in [1.165, 1.54) is 23.5 Å². The Kier molecular flexibility index (Phi) is 17.8. The fraction of sp³-hybridized carbons (Fsp3) is 0.370. The normalized spacial score (nSPS) is 13.0. The summed E-state index contributed by atoms with van der Waals surface area (Å²) >= 11 is 16.1. The van der Waals surface area contributed by atoms with E-state index in [2.05, 4.69) is 4.98 Å². The molecule has 0 fully saturated rings. The highest BCUT2D eigenvalue weighted by Gasteiger charge is 2.39. The van der Waals surface area contributed by atoms with E-state index in [1.807, 2.05) is 104 Å². The predicted octanol–water partition coefficient (Wildman–Crippen LogP) is 18.1. The lowest BCUT2D eigenvalue weighted by Crippen LogP contribution is -2.25. The van der Waals surface area contributed by atoms with Crippen molar-refractivity contribution < 1.29 is 45.7 Å². The standard InChI is InChI=1S/2C27H32ClN2O5PS/c1-26(2,3)34-36(31,35-27(4,5)6)32-17-30-22-15-20(28)24(16-21(22)29-25(30)37-7)33-23-14-10-12-18-11-8-9-13-19(18)23;1-26(2,3)34-36(31,35-27(4,5)6)32-17-30-22-16-24(20(28)15-21(22)29-25(30)37-7)33-23-14-10-12-18-11-8-9-13-19(18)23/h2*8-16H,17H2,1-7H3. The number of aromatic nitrogens is 4. The Morgan fingerprint density at radius 2 is 0.824 bits per heavy atom. The predicted molar refractivity (Wildman–Crippen MR) is 302 cm³/mol. The number of rotatable bonds is 16. The minimum absolute atomic E-state index is 0.101. The first-order valence-corrected chi connectivity index (χ1v) is 29.8. The minimum Gasteiger partial charge on any atom is -0.455 e. The maximum Gasteiger partial charge on any atom is 0.477 e. The van der Waals surface area contributed by atoms with Gasteiger partial charge in [-0.25, -0.2) is 19.1 Å². The molecule has 396 valence electrons. The minimum atomic E-state index is -3.93. The van der Waals surface area contributed by atoms with Crippen molar-refractivity contribution in [1.29, 1.82) is 0 Å². The van der Waals surface area contributed by atoms with Gasteiger partial charge < -0.3 is 9.47 Å². The molecule has 0 aliphatic carbocycles. The molecule has 0 atom stereocenters. The highest BCUT2D eigenvalue weighted by atomic mass is 35.5. The van der Waals surface area contributed by atoms with Gasteiger partial charge in [0.2, 0.25) is 0 Å². The van der Waals surface area contributed by atoms with E-state index in [4.69, 9.17) is 64.8 Å². The second-order valence-electron chi connectivity index (χ2n) is 21.0. The Morgan fingerprint density at radius 3 is 1.23 bits per heavy atom. The van der Waals surface area contributed by atoms with Crippen molar-refractivity contribution in [3.05, 3.63) is 119 Å². The Bertz CT molecular complexity index is 3350. The van der Waals surface area contributed by atoms with Crippen molar-refractivity contribution in [2.45, 2.75) is 129 Å². The molecule has 8 rings (SSSR count). The van der Waals surface area contributed by atoms with Gasteiger partial charge >= 0.3 is 15.6 Å². The van der Waals surface area contributed by atoms with Crippen LogP contribution in [-0.2, 0) is 49.7 Å². The maximum absolute atomic E-state index is 13.6. The van der Waals surface area contributed by atoms with E-state index in [0.29, 0.717) is 65.4 Å². The number of hydrogen-bond donors (Lipinski definition) is 0. The molecule has 0 saturated heterocycles. The lowest BCUT2D eigenvalue weighted by Gasteiger charge is -2.31. The molecule has 0 aliphatic rings. The van der Waals surface area contributed by atoms with Crippen LogP contribution in [0.25, 0.3) is 43.6 Å². The summed E-state index contributed by atoms with van der Waals surface area (Å²) in [6.45, 7) is 21.4. The molecule has 2 aromatic heterocycles. The smallest absolute Gasteiger partial charge is 0.455 e. The fourth-order valence-electron chi connectivity index (χ4n) is 7.47. The molecule has 8 aromatic rings. The van der Waals surface area contributed by atoms with Crippen molar-refractivity contribution in [3.8, 4) is 23.0 Å². The quantitative estimate of drug-likeness (QED) is 0.0668. The molecule has 0 bridgehead atoms.